The Labute approximate surface area is 317 Å². The van der Waals surface area contributed by atoms with Crippen LogP contribution in [-0.2, 0) is 0 Å². The molecule has 4 nitrogen and oxygen atoms in total. The summed E-state index contributed by atoms with van der Waals surface area (Å²) in [5, 5.41) is 12.9. The monoisotopic (exact) mass is 704 g/mol. The van der Waals surface area contributed by atoms with E-state index in [2.05, 4.69) is 186 Å². The van der Waals surface area contributed by atoms with E-state index in [-0.39, 0.29) is 6.17 Å². The highest BCUT2D eigenvalue weighted by Gasteiger charge is 2.30. The minimum absolute atomic E-state index is 0.354. The highest BCUT2D eigenvalue weighted by atomic mass is 16.3. The number of hydrogen-bond donors (Lipinski definition) is 2. The van der Waals surface area contributed by atoms with Crippen molar-refractivity contribution in [3.63, 3.8) is 0 Å². The molecule has 1 aliphatic heterocycles. The first kappa shape index (κ1) is 31.2. The Morgan fingerprint density at radius 2 is 0.982 bits per heavy atom. The number of benzene rings is 9. The van der Waals surface area contributed by atoms with Gasteiger partial charge in [-0.25, -0.2) is 10.3 Å². The Kier molecular flexibility index (Phi) is 7.20. The van der Waals surface area contributed by atoms with Gasteiger partial charge in [-0.15, -0.1) is 0 Å². The summed E-state index contributed by atoms with van der Waals surface area (Å²) in [6, 6.07) is 66.5. The zero-order valence-corrected chi connectivity index (χ0v) is 29.8. The van der Waals surface area contributed by atoms with Crippen LogP contribution >= 0.6 is 0 Å². The van der Waals surface area contributed by atoms with Crippen LogP contribution in [0.15, 0.2) is 197 Å². The summed E-state index contributed by atoms with van der Waals surface area (Å²) >= 11 is 0. The number of fused-ring (bicyclic) bond motifs is 10. The smallest absolute Gasteiger partial charge is 0.283 e. The van der Waals surface area contributed by atoms with E-state index in [0.717, 1.165) is 72.2 Å². The highest BCUT2D eigenvalue weighted by Crippen LogP contribution is 2.43. The number of hydrogen-bond acceptors (Lipinski definition) is 3. The maximum absolute atomic E-state index is 6.87. The summed E-state index contributed by atoms with van der Waals surface area (Å²) < 4.78 is 6.87. The second-order valence-corrected chi connectivity index (χ2v) is 14.2. The SMILES string of the molecule is c1ccc(C2=[NH+]C(c3cccc(-c4ccc(-c5ccccc5)cc4)c3)N=C(c3cc4c5ccccc5c5ccccc5c4c4oc5ccccc5c34)N2)cc1. The van der Waals surface area contributed by atoms with Crippen LogP contribution in [0.1, 0.15) is 22.9 Å². The molecule has 0 spiro atoms. The normalized spacial score (nSPS) is 14.4. The number of aliphatic imine (C=N–C) groups is 1. The number of para-hydroxylation sites is 1. The van der Waals surface area contributed by atoms with Crippen molar-refractivity contribution in [3.05, 3.63) is 205 Å². The molecule has 1 atom stereocenters. The molecule has 0 radical (unpaired) electrons. The summed E-state index contributed by atoms with van der Waals surface area (Å²) in [6.45, 7) is 0. The number of amidine groups is 2. The fourth-order valence-corrected chi connectivity index (χ4v) is 8.37. The minimum atomic E-state index is -0.354. The van der Waals surface area contributed by atoms with Gasteiger partial charge in [0.25, 0.3) is 5.84 Å². The molecule has 10 aromatic rings. The Bertz CT molecular complexity index is 3160. The van der Waals surface area contributed by atoms with Crippen LogP contribution in [0.3, 0.4) is 0 Å². The average Bonchev–Trinajstić information content (AvgIpc) is 3.66. The van der Waals surface area contributed by atoms with Crippen LogP contribution in [0.25, 0.3) is 76.5 Å². The molecule has 2 N–H and O–H groups in total. The molecule has 0 aliphatic carbocycles. The molecule has 1 unspecified atom stereocenters. The first-order valence-corrected chi connectivity index (χ1v) is 18.7. The van der Waals surface area contributed by atoms with Gasteiger partial charge >= 0.3 is 0 Å². The van der Waals surface area contributed by atoms with E-state index in [1.165, 1.54) is 32.7 Å². The summed E-state index contributed by atoms with van der Waals surface area (Å²) in [6.07, 6.45) is -0.354. The van der Waals surface area contributed by atoms with E-state index in [1.807, 2.05) is 12.1 Å². The molecule has 0 bridgehead atoms. The molecule has 1 aliphatic rings. The molecular formula is C51H34N3O+. The van der Waals surface area contributed by atoms with Gasteiger partial charge in [-0.2, -0.15) is 4.99 Å². The second-order valence-electron chi connectivity index (χ2n) is 14.2. The molecule has 4 heteroatoms. The minimum Gasteiger partial charge on any atom is -0.455 e. The van der Waals surface area contributed by atoms with Crippen LogP contribution < -0.4 is 10.3 Å². The zero-order valence-electron chi connectivity index (χ0n) is 29.8. The summed E-state index contributed by atoms with van der Waals surface area (Å²) in [5.74, 6) is 1.69. The largest absolute Gasteiger partial charge is 0.455 e. The summed E-state index contributed by atoms with van der Waals surface area (Å²) in [5.41, 5.74) is 9.56. The Morgan fingerprint density at radius 3 is 1.71 bits per heavy atom. The van der Waals surface area contributed by atoms with Crippen molar-refractivity contribution < 1.29 is 9.41 Å². The lowest BCUT2D eigenvalue weighted by Gasteiger charge is -2.19. The fraction of sp³-hybridized carbons (Fsp3) is 0.0196. The van der Waals surface area contributed by atoms with Gasteiger partial charge in [-0.05, 0) is 79.5 Å². The topological polar surface area (TPSA) is 51.5 Å². The standard InChI is InChI=1S/C51H33N3O/c1-3-14-32(15-4-1)33-26-28-34(29-27-33)36-18-13-19-37(30-36)50-52-49(35-16-5-2-6-17-35)53-51(54-50)44-31-43-40-22-8-7-20-38(40)39-21-9-10-23-41(39)46(43)48-47(44)42-24-11-12-25-45(42)55-48/h1-31,50H,(H,52,53,54)/p+1. The van der Waals surface area contributed by atoms with E-state index >= 15 is 0 Å². The lowest BCUT2D eigenvalue weighted by Crippen LogP contribution is -2.80. The Balaban J connectivity index is 1.13. The van der Waals surface area contributed by atoms with Crippen molar-refractivity contribution in [2.45, 2.75) is 6.17 Å². The third kappa shape index (κ3) is 5.22. The van der Waals surface area contributed by atoms with E-state index in [1.54, 1.807) is 0 Å². The molecule has 0 amide bonds. The van der Waals surface area contributed by atoms with Gasteiger partial charge < -0.3 is 4.42 Å². The van der Waals surface area contributed by atoms with Crippen LogP contribution in [-0.4, -0.2) is 11.7 Å². The van der Waals surface area contributed by atoms with Crippen molar-refractivity contribution in [2.24, 2.45) is 4.99 Å². The number of nitrogens with one attached hydrogen (secondary N) is 2. The third-order valence-corrected chi connectivity index (χ3v) is 11.0. The second kappa shape index (κ2) is 12.7. The summed E-state index contributed by atoms with van der Waals surface area (Å²) in [4.78, 5) is 9.26. The zero-order chi connectivity index (χ0) is 36.3. The van der Waals surface area contributed by atoms with Crippen molar-refractivity contribution in [1.29, 1.82) is 0 Å². The fourth-order valence-electron chi connectivity index (χ4n) is 8.37. The quantitative estimate of drug-likeness (QED) is 0.175. The van der Waals surface area contributed by atoms with Crippen molar-refractivity contribution in [2.75, 3.05) is 0 Å². The number of rotatable bonds is 5. The van der Waals surface area contributed by atoms with Gasteiger partial charge in [0.05, 0.1) is 11.1 Å². The predicted molar refractivity (Wildman–Crippen MR) is 227 cm³/mol. The van der Waals surface area contributed by atoms with Gasteiger partial charge in [-0.3, -0.25) is 0 Å². The molecule has 258 valence electrons. The van der Waals surface area contributed by atoms with E-state index in [0.29, 0.717) is 0 Å². The van der Waals surface area contributed by atoms with E-state index < -0.39 is 0 Å². The van der Waals surface area contributed by atoms with Crippen LogP contribution in [0, 0.1) is 0 Å². The maximum atomic E-state index is 6.87. The first-order chi connectivity index (χ1) is 27.3. The first-order valence-electron chi connectivity index (χ1n) is 18.7. The lowest BCUT2D eigenvalue weighted by molar-refractivity contribution is -0.510. The molecular weight excluding hydrogens is 671 g/mol. The lowest BCUT2D eigenvalue weighted by atomic mass is 9.90. The summed E-state index contributed by atoms with van der Waals surface area (Å²) in [7, 11) is 0. The molecule has 9 aromatic carbocycles. The maximum Gasteiger partial charge on any atom is 0.283 e. The molecule has 0 fully saturated rings. The molecule has 1 aromatic heterocycles. The van der Waals surface area contributed by atoms with E-state index in [4.69, 9.17) is 9.41 Å². The van der Waals surface area contributed by atoms with Crippen molar-refractivity contribution >= 4 is 65.9 Å². The van der Waals surface area contributed by atoms with Gasteiger partial charge in [0.2, 0.25) is 12.0 Å². The van der Waals surface area contributed by atoms with Crippen LogP contribution in [0.4, 0.5) is 0 Å². The van der Waals surface area contributed by atoms with Crippen molar-refractivity contribution in [1.82, 2.24) is 5.32 Å². The van der Waals surface area contributed by atoms with Gasteiger partial charge in [0, 0.05) is 21.7 Å². The van der Waals surface area contributed by atoms with Gasteiger partial charge in [0.15, 0.2) is 0 Å². The van der Waals surface area contributed by atoms with Crippen molar-refractivity contribution in [3.8, 4) is 22.3 Å². The average molecular weight is 705 g/mol. The van der Waals surface area contributed by atoms with Crippen LogP contribution in [0.5, 0.6) is 0 Å². The van der Waals surface area contributed by atoms with Gasteiger partial charge in [0.1, 0.15) is 11.2 Å². The Morgan fingerprint density at radius 1 is 0.436 bits per heavy atom. The molecule has 11 rings (SSSR count). The molecule has 0 saturated heterocycles. The Hall–Kier alpha value is -7.30. The van der Waals surface area contributed by atoms with Gasteiger partial charge in [-0.1, -0.05) is 158 Å². The molecule has 55 heavy (non-hydrogen) atoms. The number of furan rings is 1. The molecule has 0 saturated carbocycles. The third-order valence-electron chi connectivity index (χ3n) is 11.0. The molecule has 2 heterocycles. The van der Waals surface area contributed by atoms with E-state index in [9.17, 15) is 0 Å². The highest BCUT2D eigenvalue weighted by molar-refractivity contribution is 6.35. The van der Waals surface area contributed by atoms with Crippen LogP contribution in [0.2, 0.25) is 0 Å². The predicted octanol–water partition coefficient (Wildman–Crippen LogP) is 11.0. The number of nitrogens with zero attached hydrogens (tertiary/aromatic N) is 1.